The van der Waals surface area contributed by atoms with Crippen molar-refractivity contribution in [1.82, 2.24) is 4.98 Å². The molecule has 0 aliphatic heterocycles. The lowest BCUT2D eigenvalue weighted by Gasteiger charge is -2.14. The predicted octanol–water partition coefficient (Wildman–Crippen LogP) is 5.46. The van der Waals surface area contributed by atoms with E-state index in [1.165, 1.54) is 25.3 Å². The van der Waals surface area contributed by atoms with E-state index in [1.54, 1.807) is 67.8 Å². The molecule has 7 nitrogen and oxygen atoms in total. The molecule has 1 heterocycles. The highest BCUT2D eigenvalue weighted by atomic mass is 16.5. The van der Waals surface area contributed by atoms with Crippen LogP contribution in [0.25, 0.3) is 17.0 Å². The number of carboxylic acid groups (broad SMARTS) is 1. The lowest BCUT2D eigenvalue weighted by Crippen LogP contribution is -2.05. The second-order valence-electron chi connectivity index (χ2n) is 7.56. The van der Waals surface area contributed by atoms with Crippen LogP contribution in [0.4, 0.5) is 0 Å². The number of fused-ring (bicyclic) bond motifs is 1. The summed E-state index contributed by atoms with van der Waals surface area (Å²) >= 11 is 0. The maximum atomic E-state index is 13.3. The predicted molar refractivity (Wildman–Crippen MR) is 128 cm³/mol. The second-order valence-corrected chi connectivity index (χ2v) is 7.56. The van der Waals surface area contributed by atoms with E-state index < -0.39 is 5.97 Å². The number of aromatic nitrogens is 1. The molecule has 0 fully saturated rings. The number of carbonyl (C=O) groups is 2. The highest BCUT2D eigenvalue weighted by molar-refractivity contribution is 6.13. The van der Waals surface area contributed by atoms with Crippen molar-refractivity contribution in [3.63, 3.8) is 0 Å². The van der Waals surface area contributed by atoms with Gasteiger partial charge in [0.1, 0.15) is 23.0 Å². The number of ether oxygens (including phenoxy) is 2. The number of hydrogen-bond donors (Lipinski definition) is 2. The highest BCUT2D eigenvalue weighted by Gasteiger charge is 2.20. The summed E-state index contributed by atoms with van der Waals surface area (Å²) in [6, 6.07) is 18.2. The lowest BCUT2D eigenvalue weighted by molar-refractivity contribution is -0.132. The van der Waals surface area contributed by atoms with Crippen LogP contribution in [-0.4, -0.2) is 34.1 Å². The van der Waals surface area contributed by atoms with Crippen molar-refractivity contribution in [2.75, 3.05) is 7.11 Å². The Balaban J connectivity index is 1.76. The van der Waals surface area contributed by atoms with Crippen LogP contribution in [-0.2, 0) is 4.79 Å². The van der Waals surface area contributed by atoms with Gasteiger partial charge in [-0.3, -0.25) is 9.78 Å². The average molecular weight is 455 g/mol. The normalized spacial score (nSPS) is 11.3. The molecule has 4 rings (SSSR count). The SMILES string of the molecule is COc1ccc(C(=O)c2cnc3cc(O)ccc3c2Oc2ccc(/C=C(\C)C(=O)O)cc2)cc1. The van der Waals surface area contributed by atoms with Gasteiger partial charge in [0, 0.05) is 28.8 Å². The summed E-state index contributed by atoms with van der Waals surface area (Å²) in [6.07, 6.45) is 2.98. The number of methoxy groups -OCH3 is 1. The van der Waals surface area contributed by atoms with Crippen LogP contribution in [0.2, 0.25) is 0 Å². The van der Waals surface area contributed by atoms with Gasteiger partial charge in [-0.15, -0.1) is 0 Å². The van der Waals surface area contributed by atoms with E-state index in [9.17, 15) is 14.7 Å². The molecule has 3 aromatic carbocycles. The highest BCUT2D eigenvalue weighted by Crippen LogP contribution is 2.35. The first kappa shape index (κ1) is 22.5. The summed E-state index contributed by atoms with van der Waals surface area (Å²) in [4.78, 5) is 28.7. The molecule has 1 aromatic heterocycles. The summed E-state index contributed by atoms with van der Waals surface area (Å²) in [5.74, 6) is 0.160. The number of aromatic hydroxyl groups is 1. The summed E-state index contributed by atoms with van der Waals surface area (Å²) in [7, 11) is 1.55. The topological polar surface area (TPSA) is 106 Å². The average Bonchev–Trinajstić information content (AvgIpc) is 2.84. The maximum absolute atomic E-state index is 13.3. The Morgan fingerprint density at radius 1 is 0.941 bits per heavy atom. The fourth-order valence-corrected chi connectivity index (χ4v) is 3.39. The van der Waals surface area contributed by atoms with Crippen LogP contribution in [0.1, 0.15) is 28.4 Å². The molecule has 0 saturated heterocycles. The van der Waals surface area contributed by atoms with Crippen molar-refractivity contribution >= 4 is 28.7 Å². The van der Waals surface area contributed by atoms with E-state index in [-0.39, 0.29) is 22.7 Å². The molecular weight excluding hydrogens is 434 g/mol. The first-order valence-corrected chi connectivity index (χ1v) is 10.4. The van der Waals surface area contributed by atoms with Crippen LogP contribution < -0.4 is 9.47 Å². The Hall–Kier alpha value is -4.65. The van der Waals surface area contributed by atoms with E-state index in [1.807, 2.05) is 0 Å². The Labute approximate surface area is 195 Å². The molecule has 0 spiro atoms. The number of phenolic OH excluding ortho intramolecular Hbond substituents is 1. The van der Waals surface area contributed by atoms with E-state index in [0.29, 0.717) is 39.3 Å². The van der Waals surface area contributed by atoms with Crippen molar-refractivity contribution < 1.29 is 29.3 Å². The molecule has 0 atom stereocenters. The quantitative estimate of drug-likeness (QED) is 0.281. The lowest BCUT2D eigenvalue weighted by atomic mass is 10.0. The fourth-order valence-electron chi connectivity index (χ4n) is 3.39. The number of carbonyl (C=O) groups excluding carboxylic acids is 1. The number of aliphatic carboxylic acids is 1. The first-order chi connectivity index (χ1) is 16.4. The third kappa shape index (κ3) is 4.73. The van der Waals surface area contributed by atoms with Crippen LogP contribution in [0, 0.1) is 0 Å². The maximum Gasteiger partial charge on any atom is 0.331 e. The van der Waals surface area contributed by atoms with Gasteiger partial charge in [0.05, 0.1) is 18.2 Å². The summed E-state index contributed by atoms with van der Waals surface area (Å²) in [6.45, 7) is 1.52. The fraction of sp³-hybridized carbons (Fsp3) is 0.0741. The van der Waals surface area contributed by atoms with Gasteiger partial charge < -0.3 is 19.7 Å². The zero-order valence-corrected chi connectivity index (χ0v) is 18.5. The first-order valence-electron chi connectivity index (χ1n) is 10.4. The van der Waals surface area contributed by atoms with E-state index >= 15 is 0 Å². The zero-order chi connectivity index (χ0) is 24.2. The molecule has 0 aliphatic rings. The van der Waals surface area contributed by atoms with Crippen molar-refractivity contribution in [1.29, 1.82) is 0 Å². The van der Waals surface area contributed by atoms with Crippen molar-refractivity contribution in [2.45, 2.75) is 6.92 Å². The monoisotopic (exact) mass is 455 g/mol. The number of carboxylic acids is 1. The van der Waals surface area contributed by atoms with Gasteiger partial charge in [0.2, 0.25) is 0 Å². The number of pyridine rings is 1. The Bertz CT molecular complexity index is 1410. The van der Waals surface area contributed by atoms with E-state index in [4.69, 9.17) is 14.6 Å². The molecule has 2 N–H and O–H groups in total. The molecule has 7 heteroatoms. The number of nitrogens with zero attached hydrogens (tertiary/aromatic N) is 1. The van der Waals surface area contributed by atoms with Crippen molar-refractivity contribution in [3.8, 4) is 23.0 Å². The van der Waals surface area contributed by atoms with Crippen molar-refractivity contribution in [2.24, 2.45) is 0 Å². The molecule has 0 saturated carbocycles. The minimum absolute atomic E-state index is 0.0464. The van der Waals surface area contributed by atoms with Crippen LogP contribution >= 0.6 is 0 Å². The van der Waals surface area contributed by atoms with Crippen LogP contribution in [0.5, 0.6) is 23.0 Å². The standard InChI is InChI=1S/C27H21NO6/c1-16(27(31)32)13-17-3-8-21(9-4-17)34-26-22-12-7-19(29)14-24(22)28-15-23(26)25(30)18-5-10-20(33-2)11-6-18/h3-15,29H,1-2H3,(H,31,32)/b16-13+. The summed E-state index contributed by atoms with van der Waals surface area (Å²) in [5, 5.41) is 19.5. The zero-order valence-electron chi connectivity index (χ0n) is 18.5. The Morgan fingerprint density at radius 2 is 1.62 bits per heavy atom. The number of ketones is 1. The van der Waals surface area contributed by atoms with Gasteiger partial charge in [-0.05, 0) is 67.1 Å². The van der Waals surface area contributed by atoms with Gasteiger partial charge in [-0.2, -0.15) is 0 Å². The van der Waals surface area contributed by atoms with Crippen LogP contribution in [0.3, 0.4) is 0 Å². The van der Waals surface area contributed by atoms with E-state index in [2.05, 4.69) is 4.98 Å². The molecule has 4 aromatic rings. The smallest absolute Gasteiger partial charge is 0.331 e. The van der Waals surface area contributed by atoms with Gasteiger partial charge in [-0.25, -0.2) is 4.79 Å². The molecular formula is C27H21NO6. The Morgan fingerprint density at radius 3 is 2.26 bits per heavy atom. The van der Waals surface area contributed by atoms with Crippen LogP contribution in [0.15, 0.2) is 78.5 Å². The molecule has 170 valence electrons. The van der Waals surface area contributed by atoms with Crippen molar-refractivity contribution in [3.05, 3.63) is 95.2 Å². The molecule has 0 unspecified atom stereocenters. The third-order valence-electron chi connectivity index (χ3n) is 5.22. The van der Waals surface area contributed by atoms with Gasteiger partial charge in [-0.1, -0.05) is 12.1 Å². The van der Waals surface area contributed by atoms with Gasteiger partial charge >= 0.3 is 5.97 Å². The number of phenols is 1. The van der Waals surface area contributed by atoms with E-state index in [0.717, 1.165) is 0 Å². The van der Waals surface area contributed by atoms with Gasteiger partial charge in [0.25, 0.3) is 0 Å². The summed E-state index contributed by atoms with van der Waals surface area (Å²) < 4.78 is 11.3. The summed E-state index contributed by atoms with van der Waals surface area (Å²) in [5.41, 5.74) is 2.08. The molecule has 0 bridgehead atoms. The molecule has 0 radical (unpaired) electrons. The number of benzene rings is 3. The molecule has 34 heavy (non-hydrogen) atoms. The third-order valence-corrected chi connectivity index (χ3v) is 5.22. The molecule has 0 amide bonds. The van der Waals surface area contributed by atoms with Gasteiger partial charge in [0.15, 0.2) is 5.78 Å². The largest absolute Gasteiger partial charge is 0.508 e. The minimum atomic E-state index is -0.992. The number of rotatable bonds is 7. The second kappa shape index (κ2) is 9.46. The Kier molecular flexibility index (Phi) is 6.27. The minimum Gasteiger partial charge on any atom is -0.508 e. The molecule has 0 aliphatic carbocycles. The number of hydrogen-bond acceptors (Lipinski definition) is 6.